The minimum absolute atomic E-state index is 0.0443. The molecule has 152 valence electrons. The normalized spacial score (nSPS) is 23.3. The summed E-state index contributed by atoms with van der Waals surface area (Å²) in [7, 11) is 1.84. The zero-order chi connectivity index (χ0) is 19.4. The van der Waals surface area contributed by atoms with Gasteiger partial charge in [0.15, 0.2) is 5.96 Å². The van der Waals surface area contributed by atoms with Crippen LogP contribution in [0.15, 0.2) is 11.2 Å². The highest BCUT2D eigenvalue weighted by Crippen LogP contribution is 2.21. The number of aliphatic imine (C=N–C) groups is 1. The van der Waals surface area contributed by atoms with Crippen LogP contribution in [0.5, 0.6) is 0 Å². The summed E-state index contributed by atoms with van der Waals surface area (Å²) < 4.78 is 7.87. The number of rotatable bonds is 5. The molecule has 0 spiro atoms. The average Bonchev–Trinajstić information content (AvgIpc) is 3.03. The van der Waals surface area contributed by atoms with E-state index >= 15 is 0 Å². The van der Waals surface area contributed by atoms with Crippen LogP contribution < -0.4 is 10.6 Å². The van der Waals surface area contributed by atoms with Crippen molar-refractivity contribution in [3.8, 4) is 0 Å². The second kappa shape index (κ2) is 8.61. The topological polar surface area (TPSA) is 66.7 Å². The Bertz CT molecular complexity index is 651. The van der Waals surface area contributed by atoms with Crippen LogP contribution in [-0.2, 0) is 17.6 Å². The summed E-state index contributed by atoms with van der Waals surface area (Å²) >= 11 is 0. The molecule has 1 atom stereocenters. The van der Waals surface area contributed by atoms with Crippen molar-refractivity contribution in [2.75, 3.05) is 39.8 Å². The third kappa shape index (κ3) is 5.45. The summed E-state index contributed by atoms with van der Waals surface area (Å²) in [5, 5.41) is 11.8. The van der Waals surface area contributed by atoms with Crippen molar-refractivity contribution in [1.29, 1.82) is 0 Å². The zero-order valence-electron chi connectivity index (χ0n) is 17.6. The van der Waals surface area contributed by atoms with Crippen molar-refractivity contribution in [2.24, 2.45) is 4.99 Å². The molecule has 1 aliphatic carbocycles. The maximum Gasteiger partial charge on any atom is 0.191 e. The molecule has 27 heavy (non-hydrogen) atoms. The summed E-state index contributed by atoms with van der Waals surface area (Å²) in [6.07, 6.45) is 5.38. The van der Waals surface area contributed by atoms with Crippen LogP contribution in [0.2, 0.25) is 0 Å². The third-order valence-electron chi connectivity index (χ3n) is 5.42. The van der Waals surface area contributed by atoms with Crippen molar-refractivity contribution in [1.82, 2.24) is 25.3 Å². The van der Waals surface area contributed by atoms with E-state index in [4.69, 9.17) is 9.84 Å². The van der Waals surface area contributed by atoms with Crippen LogP contribution >= 0.6 is 0 Å². The molecule has 7 nitrogen and oxygen atoms in total. The van der Waals surface area contributed by atoms with Crippen LogP contribution in [0.4, 0.5) is 0 Å². The summed E-state index contributed by atoms with van der Waals surface area (Å²) in [6, 6.07) is 0.808. The SMILES string of the molecule is CN=C(NCCN1CCOC(C)(C)C1)NC1CCc2cn(C(C)C)nc2C1. The third-order valence-corrected chi connectivity index (χ3v) is 5.42. The highest BCUT2D eigenvalue weighted by atomic mass is 16.5. The van der Waals surface area contributed by atoms with Gasteiger partial charge in [0.05, 0.1) is 17.9 Å². The van der Waals surface area contributed by atoms with E-state index in [9.17, 15) is 0 Å². The van der Waals surface area contributed by atoms with Gasteiger partial charge in [0.25, 0.3) is 0 Å². The van der Waals surface area contributed by atoms with Gasteiger partial charge in [-0.15, -0.1) is 0 Å². The molecule has 3 rings (SSSR count). The molecule has 1 fully saturated rings. The van der Waals surface area contributed by atoms with Crippen LogP contribution in [0, 0.1) is 0 Å². The number of ether oxygens (including phenoxy) is 1. The second-order valence-electron chi connectivity index (χ2n) is 8.64. The fraction of sp³-hybridized carbons (Fsp3) is 0.800. The van der Waals surface area contributed by atoms with E-state index in [-0.39, 0.29) is 5.60 Å². The summed E-state index contributed by atoms with van der Waals surface area (Å²) in [6.45, 7) is 13.3. The first-order valence-electron chi connectivity index (χ1n) is 10.3. The summed E-state index contributed by atoms with van der Waals surface area (Å²) in [5.74, 6) is 0.888. The molecule has 0 amide bonds. The molecule has 2 aliphatic rings. The predicted octanol–water partition coefficient (Wildman–Crippen LogP) is 1.60. The molecule has 0 saturated carbocycles. The first-order chi connectivity index (χ1) is 12.9. The average molecular weight is 377 g/mol. The Morgan fingerprint density at radius 2 is 2.26 bits per heavy atom. The minimum Gasteiger partial charge on any atom is -0.373 e. The maximum atomic E-state index is 5.78. The monoisotopic (exact) mass is 376 g/mol. The van der Waals surface area contributed by atoms with Gasteiger partial charge in [0, 0.05) is 57.9 Å². The van der Waals surface area contributed by atoms with Crippen molar-refractivity contribution in [2.45, 2.75) is 64.6 Å². The van der Waals surface area contributed by atoms with Crippen LogP contribution in [-0.4, -0.2) is 72.1 Å². The van der Waals surface area contributed by atoms with E-state index in [1.165, 1.54) is 11.3 Å². The molecule has 1 aromatic heterocycles. The molecule has 1 aliphatic heterocycles. The van der Waals surface area contributed by atoms with Gasteiger partial charge in [-0.05, 0) is 46.1 Å². The molecule has 0 radical (unpaired) electrons. The Kier molecular flexibility index (Phi) is 6.42. The smallest absolute Gasteiger partial charge is 0.191 e. The number of nitrogens with zero attached hydrogens (tertiary/aromatic N) is 4. The van der Waals surface area contributed by atoms with Crippen molar-refractivity contribution in [3.63, 3.8) is 0 Å². The molecule has 0 bridgehead atoms. The predicted molar refractivity (Wildman–Crippen MR) is 109 cm³/mol. The number of aryl methyl sites for hydroxylation is 1. The number of guanidine groups is 1. The first kappa shape index (κ1) is 20.1. The van der Waals surface area contributed by atoms with Crippen LogP contribution in [0.3, 0.4) is 0 Å². The molecule has 2 heterocycles. The number of fused-ring (bicyclic) bond motifs is 1. The van der Waals surface area contributed by atoms with Crippen molar-refractivity contribution >= 4 is 5.96 Å². The number of morpholine rings is 1. The summed E-state index contributed by atoms with van der Waals surface area (Å²) in [4.78, 5) is 6.86. The Balaban J connectivity index is 1.45. The van der Waals surface area contributed by atoms with Gasteiger partial charge in [-0.1, -0.05) is 0 Å². The van der Waals surface area contributed by atoms with Crippen molar-refractivity contribution < 1.29 is 4.74 Å². The lowest BCUT2D eigenvalue weighted by Gasteiger charge is -2.38. The van der Waals surface area contributed by atoms with Gasteiger partial charge in [0.1, 0.15) is 0 Å². The largest absolute Gasteiger partial charge is 0.373 e. The van der Waals surface area contributed by atoms with E-state index in [1.807, 2.05) is 7.05 Å². The zero-order valence-corrected chi connectivity index (χ0v) is 17.6. The number of aromatic nitrogens is 2. The molecule has 1 unspecified atom stereocenters. The molecular weight excluding hydrogens is 340 g/mol. The van der Waals surface area contributed by atoms with E-state index in [1.54, 1.807) is 0 Å². The van der Waals surface area contributed by atoms with Gasteiger partial charge in [-0.2, -0.15) is 5.10 Å². The number of nitrogens with one attached hydrogen (secondary N) is 2. The van der Waals surface area contributed by atoms with Gasteiger partial charge in [-0.25, -0.2) is 0 Å². The summed E-state index contributed by atoms with van der Waals surface area (Å²) in [5.41, 5.74) is 2.59. The number of hydrogen-bond acceptors (Lipinski definition) is 4. The molecular formula is C20H36N6O. The van der Waals surface area contributed by atoms with E-state index < -0.39 is 0 Å². The highest BCUT2D eigenvalue weighted by molar-refractivity contribution is 5.80. The minimum atomic E-state index is -0.0443. The fourth-order valence-electron chi connectivity index (χ4n) is 3.93. The Morgan fingerprint density at radius 1 is 1.44 bits per heavy atom. The standard InChI is InChI=1S/C20H36N6O/c1-15(2)26-13-16-6-7-17(12-18(16)24-26)23-19(21-5)22-8-9-25-10-11-27-20(3,4)14-25/h13,15,17H,6-12,14H2,1-5H3,(H2,21,22,23). The molecule has 2 N–H and O–H groups in total. The van der Waals surface area contributed by atoms with Gasteiger partial charge >= 0.3 is 0 Å². The van der Waals surface area contributed by atoms with Gasteiger partial charge in [-0.3, -0.25) is 14.6 Å². The second-order valence-corrected chi connectivity index (χ2v) is 8.64. The maximum absolute atomic E-state index is 5.78. The quantitative estimate of drug-likeness (QED) is 0.604. The van der Waals surface area contributed by atoms with Crippen LogP contribution in [0.1, 0.15) is 51.4 Å². The molecule has 7 heteroatoms. The molecule has 1 saturated heterocycles. The Hall–Kier alpha value is -1.60. The van der Waals surface area contributed by atoms with Gasteiger partial charge in [0.2, 0.25) is 0 Å². The van der Waals surface area contributed by atoms with E-state index in [0.717, 1.165) is 58.0 Å². The van der Waals surface area contributed by atoms with Crippen molar-refractivity contribution in [3.05, 3.63) is 17.5 Å². The lowest BCUT2D eigenvalue weighted by atomic mass is 9.94. The van der Waals surface area contributed by atoms with E-state index in [2.05, 4.69) is 59.1 Å². The molecule has 0 aromatic carbocycles. The van der Waals surface area contributed by atoms with Crippen LogP contribution in [0.25, 0.3) is 0 Å². The lowest BCUT2D eigenvalue weighted by molar-refractivity contribution is -0.0852. The van der Waals surface area contributed by atoms with E-state index in [0.29, 0.717) is 12.1 Å². The Labute approximate surface area is 163 Å². The molecule has 1 aromatic rings. The van der Waals surface area contributed by atoms with Gasteiger partial charge < -0.3 is 15.4 Å². The fourth-order valence-corrected chi connectivity index (χ4v) is 3.93. The first-order valence-corrected chi connectivity index (χ1v) is 10.3. The lowest BCUT2D eigenvalue weighted by Crippen LogP contribution is -2.51. The highest BCUT2D eigenvalue weighted by Gasteiger charge is 2.27. The number of hydrogen-bond donors (Lipinski definition) is 2. The Morgan fingerprint density at radius 3 is 2.96 bits per heavy atom.